The normalized spacial score (nSPS) is 12.5. The van der Waals surface area contributed by atoms with Gasteiger partial charge in [-0.1, -0.05) is 6.07 Å². The highest BCUT2D eigenvalue weighted by Gasteiger charge is 2.16. The standard InChI is InChI=1S/C9H13NO2S/c1-7(6-11)10(2)9(12)8-4-3-5-13-8/h3-5,7,11H,6H2,1-2H3. The summed E-state index contributed by atoms with van der Waals surface area (Å²) in [5.74, 6) is -0.0310. The first kappa shape index (κ1) is 10.2. The molecule has 0 aliphatic heterocycles. The lowest BCUT2D eigenvalue weighted by Crippen LogP contribution is -2.36. The van der Waals surface area contributed by atoms with Crippen LogP contribution in [-0.2, 0) is 0 Å². The highest BCUT2D eigenvalue weighted by Crippen LogP contribution is 2.12. The Morgan fingerprint density at radius 1 is 1.77 bits per heavy atom. The molecule has 1 atom stereocenters. The van der Waals surface area contributed by atoms with Crippen molar-refractivity contribution in [2.24, 2.45) is 0 Å². The molecule has 0 aliphatic rings. The summed E-state index contributed by atoms with van der Waals surface area (Å²) in [4.78, 5) is 13.9. The zero-order valence-corrected chi connectivity index (χ0v) is 8.54. The van der Waals surface area contributed by atoms with Crippen molar-refractivity contribution >= 4 is 17.2 Å². The van der Waals surface area contributed by atoms with E-state index in [0.29, 0.717) is 4.88 Å². The van der Waals surface area contributed by atoms with Gasteiger partial charge in [-0.2, -0.15) is 0 Å². The van der Waals surface area contributed by atoms with Crippen molar-refractivity contribution in [3.05, 3.63) is 22.4 Å². The van der Waals surface area contributed by atoms with E-state index < -0.39 is 0 Å². The van der Waals surface area contributed by atoms with Crippen LogP contribution in [0, 0.1) is 0 Å². The predicted octanol–water partition coefficient (Wildman–Crippen LogP) is 1.20. The van der Waals surface area contributed by atoms with E-state index in [4.69, 9.17) is 5.11 Å². The van der Waals surface area contributed by atoms with E-state index in [1.165, 1.54) is 11.3 Å². The fraction of sp³-hybridized carbons (Fsp3) is 0.444. The van der Waals surface area contributed by atoms with Gasteiger partial charge in [-0.15, -0.1) is 11.3 Å². The molecule has 0 saturated carbocycles. The smallest absolute Gasteiger partial charge is 0.263 e. The lowest BCUT2D eigenvalue weighted by molar-refractivity contribution is 0.0687. The summed E-state index contributed by atoms with van der Waals surface area (Å²) >= 11 is 1.41. The Morgan fingerprint density at radius 3 is 2.92 bits per heavy atom. The molecule has 1 heterocycles. The molecule has 0 radical (unpaired) electrons. The van der Waals surface area contributed by atoms with Crippen LogP contribution in [0.2, 0.25) is 0 Å². The summed E-state index contributed by atoms with van der Waals surface area (Å²) in [7, 11) is 1.70. The number of rotatable bonds is 3. The van der Waals surface area contributed by atoms with Gasteiger partial charge in [-0.05, 0) is 18.4 Å². The highest BCUT2D eigenvalue weighted by atomic mass is 32.1. The molecule has 1 amide bonds. The first-order valence-electron chi connectivity index (χ1n) is 4.08. The molecule has 0 fully saturated rings. The lowest BCUT2D eigenvalue weighted by Gasteiger charge is -2.22. The largest absolute Gasteiger partial charge is 0.394 e. The number of aliphatic hydroxyl groups excluding tert-OH is 1. The van der Waals surface area contributed by atoms with Crippen molar-refractivity contribution in [2.45, 2.75) is 13.0 Å². The van der Waals surface area contributed by atoms with Gasteiger partial charge in [0.15, 0.2) is 0 Å². The Hall–Kier alpha value is -0.870. The van der Waals surface area contributed by atoms with Gasteiger partial charge < -0.3 is 10.0 Å². The molecular weight excluding hydrogens is 186 g/mol. The average molecular weight is 199 g/mol. The van der Waals surface area contributed by atoms with E-state index in [9.17, 15) is 4.79 Å². The first-order valence-corrected chi connectivity index (χ1v) is 4.96. The topological polar surface area (TPSA) is 40.5 Å². The Balaban J connectivity index is 2.68. The maximum absolute atomic E-state index is 11.6. The number of amides is 1. The molecular formula is C9H13NO2S. The highest BCUT2D eigenvalue weighted by molar-refractivity contribution is 7.12. The van der Waals surface area contributed by atoms with Gasteiger partial charge in [0.1, 0.15) is 0 Å². The van der Waals surface area contributed by atoms with Crippen molar-refractivity contribution in [2.75, 3.05) is 13.7 Å². The number of likely N-dealkylation sites (N-methyl/N-ethyl adjacent to an activating group) is 1. The summed E-state index contributed by atoms with van der Waals surface area (Å²) in [6, 6.07) is 3.50. The predicted molar refractivity (Wildman–Crippen MR) is 53.0 cm³/mol. The SMILES string of the molecule is CC(CO)N(C)C(=O)c1cccs1. The van der Waals surface area contributed by atoms with E-state index in [-0.39, 0.29) is 18.6 Å². The molecule has 1 aromatic rings. The van der Waals surface area contributed by atoms with E-state index in [0.717, 1.165) is 0 Å². The Kier molecular flexibility index (Phi) is 3.45. The van der Waals surface area contributed by atoms with Crippen LogP contribution in [0.4, 0.5) is 0 Å². The van der Waals surface area contributed by atoms with Crippen LogP contribution in [0.1, 0.15) is 16.6 Å². The first-order chi connectivity index (χ1) is 6.16. The monoisotopic (exact) mass is 199 g/mol. The van der Waals surface area contributed by atoms with Crippen molar-refractivity contribution in [1.82, 2.24) is 4.90 Å². The van der Waals surface area contributed by atoms with Crippen LogP contribution in [0.15, 0.2) is 17.5 Å². The second-order valence-corrected chi connectivity index (χ2v) is 3.87. The second kappa shape index (κ2) is 4.39. The fourth-order valence-electron chi connectivity index (χ4n) is 0.897. The van der Waals surface area contributed by atoms with Gasteiger partial charge in [0.25, 0.3) is 5.91 Å². The molecule has 13 heavy (non-hydrogen) atoms. The molecule has 0 aliphatic carbocycles. The summed E-state index contributed by atoms with van der Waals surface area (Å²) < 4.78 is 0. The van der Waals surface area contributed by atoms with Crippen LogP contribution in [0.5, 0.6) is 0 Å². The summed E-state index contributed by atoms with van der Waals surface area (Å²) in [6.07, 6.45) is 0. The third-order valence-corrected chi connectivity index (χ3v) is 2.84. The zero-order valence-electron chi connectivity index (χ0n) is 7.73. The zero-order chi connectivity index (χ0) is 9.84. The van der Waals surface area contributed by atoms with Gasteiger partial charge in [0.2, 0.25) is 0 Å². The summed E-state index contributed by atoms with van der Waals surface area (Å²) in [5.41, 5.74) is 0. The molecule has 1 N–H and O–H groups in total. The minimum absolute atomic E-state index is 0.00633. The van der Waals surface area contributed by atoms with Crippen LogP contribution >= 0.6 is 11.3 Å². The molecule has 0 saturated heterocycles. The van der Waals surface area contributed by atoms with Crippen molar-refractivity contribution in [3.63, 3.8) is 0 Å². The molecule has 1 rings (SSSR count). The lowest BCUT2D eigenvalue weighted by atomic mass is 10.3. The molecule has 1 aromatic heterocycles. The van der Waals surface area contributed by atoms with Crippen molar-refractivity contribution < 1.29 is 9.90 Å². The maximum Gasteiger partial charge on any atom is 0.263 e. The number of carbonyl (C=O) groups excluding carboxylic acids is 1. The van der Waals surface area contributed by atoms with E-state index in [1.54, 1.807) is 18.0 Å². The maximum atomic E-state index is 11.6. The third kappa shape index (κ3) is 2.29. The van der Waals surface area contributed by atoms with E-state index >= 15 is 0 Å². The number of thiophene rings is 1. The molecule has 0 spiro atoms. The molecule has 0 bridgehead atoms. The van der Waals surface area contributed by atoms with Gasteiger partial charge >= 0.3 is 0 Å². The van der Waals surface area contributed by atoms with E-state index in [1.807, 2.05) is 18.4 Å². The number of carbonyl (C=O) groups is 1. The van der Waals surface area contributed by atoms with Gasteiger partial charge in [-0.3, -0.25) is 4.79 Å². The van der Waals surface area contributed by atoms with Gasteiger partial charge in [0, 0.05) is 7.05 Å². The van der Waals surface area contributed by atoms with Crippen LogP contribution < -0.4 is 0 Å². The van der Waals surface area contributed by atoms with Crippen molar-refractivity contribution in [1.29, 1.82) is 0 Å². The number of nitrogens with zero attached hydrogens (tertiary/aromatic N) is 1. The molecule has 3 nitrogen and oxygen atoms in total. The Bertz CT molecular complexity index is 271. The average Bonchev–Trinajstić information content (AvgIpc) is 2.67. The Morgan fingerprint density at radius 2 is 2.46 bits per heavy atom. The second-order valence-electron chi connectivity index (χ2n) is 2.92. The minimum Gasteiger partial charge on any atom is -0.394 e. The summed E-state index contributed by atoms with van der Waals surface area (Å²) in [5, 5.41) is 10.7. The van der Waals surface area contributed by atoms with Crippen LogP contribution in [0.3, 0.4) is 0 Å². The summed E-state index contributed by atoms with van der Waals surface area (Å²) in [6.45, 7) is 1.80. The molecule has 1 unspecified atom stereocenters. The van der Waals surface area contributed by atoms with E-state index in [2.05, 4.69) is 0 Å². The molecule has 0 aromatic carbocycles. The van der Waals surface area contributed by atoms with Gasteiger partial charge in [0.05, 0.1) is 17.5 Å². The molecule has 4 heteroatoms. The third-order valence-electron chi connectivity index (χ3n) is 1.98. The fourth-order valence-corrected chi connectivity index (χ4v) is 1.60. The van der Waals surface area contributed by atoms with Crippen molar-refractivity contribution in [3.8, 4) is 0 Å². The number of hydrogen-bond donors (Lipinski definition) is 1. The quantitative estimate of drug-likeness (QED) is 0.794. The number of hydrogen-bond acceptors (Lipinski definition) is 3. The van der Waals surface area contributed by atoms with Crippen LogP contribution in [0.25, 0.3) is 0 Å². The Labute approximate surface area is 81.6 Å². The number of aliphatic hydroxyl groups is 1. The molecule has 72 valence electrons. The minimum atomic E-state index is -0.130. The van der Waals surface area contributed by atoms with Crippen LogP contribution in [-0.4, -0.2) is 35.6 Å². The van der Waals surface area contributed by atoms with Gasteiger partial charge in [-0.25, -0.2) is 0 Å².